The van der Waals surface area contributed by atoms with E-state index < -0.39 is 20.5 Å². The summed E-state index contributed by atoms with van der Waals surface area (Å²) in [6.07, 6.45) is 3.23. The van der Waals surface area contributed by atoms with Gasteiger partial charge in [0.05, 0.1) is 0 Å². The molecule has 0 heterocycles. The van der Waals surface area contributed by atoms with Crippen molar-refractivity contribution in [1.29, 1.82) is 0 Å². The van der Waals surface area contributed by atoms with Crippen LogP contribution in [-0.2, 0) is 9.16 Å². The van der Waals surface area contributed by atoms with Crippen molar-refractivity contribution in [3.05, 3.63) is 0 Å². The predicted octanol–water partition coefficient (Wildman–Crippen LogP) is 7.39. The Morgan fingerprint density at radius 2 is 1.15 bits per heavy atom. The van der Waals surface area contributed by atoms with Crippen molar-refractivity contribution in [2.75, 3.05) is 0 Å². The van der Waals surface area contributed by atoms with Crippen LogP contribution in [0.3, 0.4) is 0 Å². The lowest BCUT2D eigenvalue weighted by atomic mass is 9.98. The molecule has 0 saturated heterocycles. The van der Waals surface area contributed by atoms with Gasteiger partial charge in [0.1, 0.15) is 6.10 Å². The maximum atomic E-state index is 12.5. The van der Waals surface area contributed by atoms with Gasteiger partial charge in [-0.15, -0.1) is 0 Å². The van der Waals surface area contributed by atoms with Crippen LogP contribution < -0.4 is 0 Å². The fourth-order valence-corrected chi connectivity index (χ4v) is 13.4. The first-order valence-corrected chi connectivity index (χ1v) is 11.9. The van der Waals surface area contributed by atoms with Gasteiger partial charge in [0.2, 0.25) is 0 Å². The molecule has 2 amide bonds. The molecule has 1 rings (SSSR count). The van der Waals surface area contributed by atoms with Crippen LogP contribution in [0.1, 0.15) is 94.4 Å². The van der Waals surface area contributed by atoms with E-state index in [1.165, 1.54) is 6.42 Å². The number of nitrogens with zero attached hydrogens (tertiary/aromatic N) is 2. The van der Waals surface area contributed by atoms with Crippen molar-refractivity contribution in [2.45, 2.75) is 116 Å². The number of rotatable bonds is 2. The molecule has 1 saturated carbocycles. The van der Waals surface area contributed by atoms with Crippen molar-refractivity contribution in [3.63, 3.8) is 0 Å². The van der Waals surface area contributed by atoms with E-state index in [0.717, 1.165) is 25.7 Å². The number of carbonyl (C=O) groups excluding carboxylic acids is 2. The molecule has 0 aromatic carbocycles. The molecule has 156 valence electrons. The Hall–Kier alpha value is -1.24. The van der Waals surface area contributed by atoms with Crippen molar-refractivity contribution in [3.8, 4) is 0 Å². The van der Waals surface area contributed by atoms with E-state index in [1.54, 1.807) is 0 Å². The molecule has 0 radical (unpaired) electrons. The average molecular weight is 399 g/mol. The van der Waals surface area contributed by atoms with Gasteiger partial charge in [-0.25, -0.2) is 9.59 Å². The van der Waals surface area contributed by atoms with E-state index in [4.69, 9.17) is 9.16 Å². The summed E-state index contributed by atoms with van der Waals surface area (Å²) in [5, 5.41) is 6.32. The Bertz CT molecular complexity index is 526. The second-order valence-corrected chi connectivity index (χ2v) is 16.7. The predicted molar refractivity (Wildman–Crippen MR) is 110 cm³/mol. The zero-order chi connectivity index (χ0) is 21.1. The largest absolute Gasteiger partial charge is 0.499 e. The fourth-order valence-electron chi connectivity index (χ4n) is 5.42. The molecule has 0 unspecified atom stereocenters. The van der Waals surface area contributed by atoms with Gasteiger partial charge in [-0.1, -0.05) is 79.0 Å². The molecule has 0 aromatic rings. The number of hydrogen-bond donors (Lipinski definition) is 0. The van der Waals surface area contributed by atoms with Gasteiger partial charge in [-0.3, -0.25) is 0 Å². The monoisotopic (exact) mass is 398 g/mol. The van der Waals surface area contributed by atoms with E-state index in [-0.39, 0.29) is 21.2 Å². The molecule has 0 atom stereocenters. The Balaban J connectivity index is 2.95. The molecule has 1 aliphatic rings. The standard InChI is InChI=1S/C20H38N2O4Si/c1-18(2,3)27(19(4,5)6,20(7,8)9)26-17(24)22-21-16(23)25-15-13-11-10-12-14-15/h15H,10-14H2,1-9H3. The first-order chi connectivity index (χ1) is 12.1. The van der Waals surface area contributed by atoms with Crippen molar-refractivity contribution in [2.24, 2.45) is 10.2 Å². The van der Waals surface area contributed by atoms with Gasteiger partial charge >= 0.3 is 12.2 Å². The fraction of sp³-hybridized carbons (Fsp3) is 0.900. The molecular formula is C20H38N2O4Si. The highest BCUT2D eigenvalue weighted by Gasteiger charge is 2.64. The normalized spacial score (nSPS) is 17.8. The maximum absolute atomic E-state index is 12.5. The average Bonchev–Trinajstić information content (AvgIpc) is 2.48. The minimum Gasteiger partial charge on any atom is -0.499 e. The summed E-state index contributed by atoms with van der Waals surface area (Å²) in [5.41, 5.74) is 0. The van der Waals surface area contributed by atoms with Gasteiger partial charge in [0, 0.05) is 0 Å². The van der Waals surface area contributed by atoms with Gasteiger partial charge in [-0.2, -0.15) is 0 Å². The van der Waals surface area contributed by atoms with Gasteiger partial charge in [0.15, 0.2) is 0 Å². The van der Waals surface area contributed by atoms with Gasteiger partial charge in [0.25, 0.3) is 8.32 Å². The first-order valence-electron chi connectivity index (χ1n) is 9.97. The zero-order valence-corrected chi connectivity index (χ0v) is 19.6. The van der Waals surface area contributed by atoms with Crippen LogP contribution in [0.5, 0.6) is 0 Å². The molecule has 0 N–H and O–H groups in total. The molecular weight excluding hydrogens is 360 g/mol. The Morgan fingerprint density at radius 1 is 0.741 bits per heavy atom. The SMILES string of the molecule is CC(C)(C)[Si](OC(=O)N=NC(=O)OC1CCCCC1)(C(C)(C)C)C(C)(C)C. The Morgan fingerprint density at radius 3 is 1.56 bits per heavy atom. The molecule has 0 aliphatic heterocycles. The van der Waals surface area contributed by atoms with E-state index in [9.17, 15) is 9.59 Å². The first kappa shape index (κ1) is 23.8. The molecule has 7 heteroatoms. The molecule has 1 aliphatic carbocycles. The van der Waals surface area contributed by atoms with Crippen LogP contribution in [-0.4, -0.2) is 26.6 Å². The van der Waals surface area contributed by atoms with E-state index in [2.05, 4.69) is 72.5 Å². The summed E-state index contributed by atoms with van der Waals surface area (Å²) < 4.78 is 11.4. The van der Waals surface area contributed by atoms with Crippen LogP contribution in [0, 0.1) is 0 Å². The second kappa shape index (κ2) is 8.41. The van der Waals surface area contributed by atoms with Crippen molar-refractivity contribution in [1.82, 2.24) is 0 Å². The quantitative estimate of drug-likeness (QED) is 0.359. The molecule has 0 bridgehead atoms. The number of amides is 2. The van der Waals surface area contributed by atoms with Crippen molar-refractivity contribution < 1.29 is 18.8 Å². The summed E-state index contributed by atoms with van der Waals surface area (Å²) in [5.74, 6) is 0. The van der Waals surface area contributed by atoms with E-state index in [1.807, 2.05) is 0 Å². The molecule has 0 aromatic heterocycles. The third kappa shape index (κ3) is 5.62. The summed E-state index contributed by atoms with van der Waals surface area (Å²) in [6.45, 7) is 19.0. The van der Waals surface area contributed by atoms with Crippen LogP contribution in [0.2, 0.25) is 15.1 Å². The topological polar surface area (TPSA) is 77.3 Å². The third-order valence-corrected chi connectivity index (χ3v) is 12.3. The lowest BCUT2D eigenvalue weighted by molar-refractivity contribution is 0.0816. The molecule has 27 heavy (non-hydrogen) atoms. The van der Waals surface area contributed by atoms with E-state index >= 15 is 0 Å². The second-order valence-electron chi connectivity index (χ2n) is 10.6. The third-order valence-electron chi connectivity index (χ3n) is 5.44. The number of hydrogen-bond acceptors (Lipinski definition) is 4. The lowest BCUT2D eigenvalue weighted by Crippen LogP contribution is -2.61. The van der Waals surface area contributed by atoms with Gasteiger partial charge in [-0.05, 0) is 40.8 Å². The molecule has 1 fully saturated rings. The van der Waals surface area contributed by atoms with Crippen LogP contribution in [0.4, 0.5) is 9.59 Å². The van der Waals surface area contributed by atoms with E-state index in [0.29, 0.717) is 0 Å². The molecule has 0 spiro atoms. The Kier molecular flexibility index (Phi) is 7.41. The summed E-state index contributed by atoms with van der Waals surface area (Å²) in [6, 6.07) is 0. The minimum absolute atomic E-state index is 0.117. The summed E-state index contributed by atoms with van der Waals surface area (Å²) in [7, 11) is -2.73. The highest BCUT2D eigenvalue weighted by Crippen LogP contribution is 2.62. The van der Waals surface area contributed by atoms with Gasteiger partial charge < -0.3 is 9.16 Å². The van der Waals surface area contributed by atoms with Crippen LogP contribution in [0.25, 0.3) is 0 Å². The Labute approximate surface area is 165 Å². The number of ether oxygens (including phenoxy) is 1. The highest BCUT2D eigenvalue weighted by molar-refractivity contribution is 6.83. The van der Waals surface area contributed by atoms with Crippen LogP contribution in [0.15, 0.2) is 10.2 Å². The summed E-state index contributed by atoms with van der Waals surface area (Å²) in [4.78, 5) is 24.4. The zero-order valence-electron chi connectivity index (χ0n) is 18.6. The summed E-state index contributed by atoms with van der Waals surface area (Å²) >= 11 is 0. The lowest BCUT2D eigenvalue weighted by Gasteiger charge is -2.56. The minimum atomic E-state index is -2.73. The van der Waals surface area contributed by atoms with Crippen molar-refractivity contribution >= 4 is 20.5 Å². The highest BCUT2D eigenvalue weighted by atomic mass is 28.4. The number of azo groups is 1. The van der Waals surface area contributed by atoms with Crippen LogP contribution >= 0.6 is 0 Å². The smallest absolute Gasteiger partial charge is 0.452 e. The molecule has 6 nitrogen and oxygen atoms in total. The maximum Gasteiger partial charge on any atom is 0.452 e. The number of carbonyl (C=O) groups is 2.